The molecule has 2 aliphatic heterocycles. The van der Waals surface area contributed by atoms with Crippen molar-refractivity contribution in [2.45, 2.75) is 38.0 Å². The Bertz CT molecular complexity index is 1460. The summed E-state index contributed by atoms with van der Waals surface area (Å²) < 4.78 is 6.30. The van der Waals surface area contributed by atoms with Crippen LogP contribution in [-0.2, 0) is 26.5 Å². The maximum atomic E-state index is 13.5. The van der Waals surface area contributed by atoms with Crippen molar-refractivity contribution < 1.29 is 29.5 Å². The zero-order valence-corrected chi connectivity index (χ0v) is 17.3. The number of aliphatic carboxylic acids is 1. The fourth-order valence-electron chi connectivity index (χ4n) is 4.69. The average Bonchev–Trinajstić information content (AvgIpc) is 3.07. The third-order valence-electron chi connectivity index (χ3n) is 6.33. The summed E-state index contributed by atoms with van der Waals surface area (Å²) in [4.78, 5) is 52.9. The number of hydrogen-bond acceptors (Lipinski definition) is 8. The number of aromatic nitrogens is 2. The van der Waals surface area contributed by atoms with Gasteiger partial charge in [0.05, 0.1) is 45.2 Å². The van der Waals surface area contributed by atoms with E-state index in [0.717, 1.165) is 0 Å². The summed E-state index contributed by atoms with van der Waals surface area (Å²) in [7, 11) is 0. The van der Waals surface area contributed by atoms with Crippen LogP contribution in [0.4, 0.5) is 5.69 Å². The molecular weight excluding hydrogens is 434 g/mol. The number of ether oxygens (including phenoxy) is 1. The minimum atomic E-state index is -2.02. The van der Waals surface area contributed by atoms with Crippen molar-refractivity contribution in [3.63, 3.8) is 0 Å². The Morgan fingerprint density at radius 2 is 2.12 bits per heavy atom. The van der Waals surface area contributed by atoms with Crippen LogP contribution in [0.1, 0.15) is 42.5 Å². The van der Waals surface area contributed by atoms with Gasteiger partial charge in [-0.3, -0.25) is 24.3 Å². The summed E-state index contributed by atoms with van der Waals surface area (Å²) in [6.07, 6.45) is -0.505. The first kappa shape index (κ1) is 20.8. The Morgan fingerprint density at radius 3 is 2.79 bits per heavy atom. The monoisotopic (exact) mass is 451 g/mol. The molecule has 0 spiro atoms. The van der Waals surface area contributed by atoms with E-state index >= 15 is 0 Å². The lowest BCUT2D eigenvalue weighted by atomic mass is 9.86. The fourth-order valence-corrected chi connectivity index (χ4v) is 4.69. The summed E-state index contributed by atoms with van der Waals surface area (Å²) in [5, 5.41) is 32.2. The molecule has 0 radical (unpaired) electrons. The molecule has 0 saturated carbocycles. The van der Waals surface area contributed by atoms with Crippen LogP contribution in [0.5, 0.6) is 0 Å². The molecule has 1 aromatic carbocycles. The molecule has 2 aliphatic rings. The van der Waals surface area contributed by atoms with Gasteiger partial charge in [-0.25, -0.2) is 9.78 Å². The minimum Gasteiger partial charge on any atom is -0.481 e. The summed E-state index contributed by atoms with van der Waals surface area (Å²) in [5.41, 5.74) is -1.54. The molecule has 33 heavy (non-hydrogen) atoms. The molecule has 3 aromatic rings. The largest absolute Gasteiger partial charge is 0.481 e. The first-order chi connectivity index (χ1) is 15.7. The molecule has 11 heteroatoms. The van der Waals surface area contributed by atoms with Crippen molar-refractivity contribution >= 4 is 28.5 Å². The van der Waals surface area contributed by atoms with Gasteiger partial charge < -0.3 is 14.9 Å². The van der Waals surface area contributed by atoms with E-state index in [4.69, 9.17) is 4.74 Å². The first-order valence-corrected chi connectivity index (χ1v) is 10.2. The Kier molecular flexibility index (Phi) is 4.37. The Hall–Kier alpha value is -4.12. The zero-order chi connectivity index (χ0) is 23.7. The highest BCUT2D eigenvalue weighted by Gasteiger charge is 2.46. The van der Waals surface area contributed by atoms with Gasteiger partial charge in [-0.1, -0.05) is 13.0 Å². The zero-order valence-electron chi connectivity index (χ0n) is 17.3. The van der Waals surface area contributed by atoms with Crippen LogP contribution in [0, 0.1) is 10.1 Å². The van der Waals surface area contributed by atoms with Crippen molar-refractivity contribution in [3.05, 3.63) is 67.5 Å². The molecular formula is C22H17N3O8. The predicted octanol–water partition coefficient (Wildman–Crippen LogP) is 2.00. The van der Waals surface area contributed by atoms with Gasteiger partial charge in [0, 0.05) is 17.2 Å². The number of cyclic esters (lactones) is 1. The average molecular weight is 451 g/mol. The quantitative estimate of drug-likeness (QED) is 0.343. The third-order valence-corrected chi connectivity index (χ3v) is 6.33. The number of pyridine rings is 2. The van der Waals surface area contributed by atoms with E-state index in [1.54, 1.807) is 13.0 Å². The van der Waals surface area contributed by atoms with E-state index in [9.17, 15) is 34.7 Å². The number of non-ortho nitro benzene ring substituents is 1. The number of hydrogen-bond donors (Lipinski definition) is 2. The van der Waals surface area contributed by atoms with E-state index in [0.29, 0.717) is 11.1 Å². The number of esters is 1. The number of nitro benzene ring substituents is 1. The molecule has 0 amide bonds. The highest BCUT2D eigenvalue weighted by atomic mass is 16.6. The number of fused-ring (bicyclic) bond motifs is 5. The van der Waals surface area contributed by atoms with Gasteiger partial charge in [0.1, 0.15) is 6.61 Å². The number of carbonyl (C=O) groups is 2. The molecule has 2 atom stereocenters. The number of benzene rings is 1. The summed E-state index contributed by atoms with van der Waals surface area (Å²) >= 11 is 0. The lowest BCUT2D eigenvalue weighted by Gasteiger charge is -2.32. The van der Waals surface area contributed by atoms with Crippen LogP contribution in [0.25, 0.3) is 22.3 Å². The van der Waals surface area contributed by atoms with Gasteiger partial charge >= 0.3 is 11.9 Å². The number of carboxylic acids is 1. The van der Waals surface area contributed by atoms with Crippen molar-refractivity contribution in [1.29, 1.82) is 0 Å². The summed E-state index contributed by atoms with van der Waals surface area (Å²) in [6.45, 7) is 1.22. The topological polar surface area (TPSA) is 162 Å². The number of rotatable bonds is 4. The van der Waals surface area contributed by atoms with Crippen LogP contribution < -0.4 is 5.56 Å². The van der Waals surface area contributed by atoms with Crippen LogP contribution in [0.15, 0.2) is 35.1 Å². The van der Waals surface area contributed by atoms with Crippen molar-refractivity contribution in [2.24, 2.45) is 0 Å². The second-order valence-corrected chi connectivity index (χ2v) is 8.03. The fraction of sp³-hybridized carbons (Fsp3) is 0.273. The molecule has 2 N–H and O–H groups in total. The van der Waals surface area contributed by atoms with Crippen LogP contribution >= 0.6 is 0 Å². The number of nitro groups is 1. The van der Waals surface area contributed by atoms with E-state index in [2.05, 4.69) is 4.98 Å². The molecule has 0 saturated heterocycles. The molecule has 0 bridgehead atoms. The lowest BCUT2D eigenvalue weighted by molar-refractivity contribution is -0.383. The standard InChI is InChI=1S/C22H17N3O8/c1-2-22(30)13-7-17-19-11(6-10-14(23-19)4-3-5-15(10)25(31)32)16(8-18(26)27)24(17)20(28)12(13)9-33-21(22)29/h3-7,16,30H,2,8-9H2,1H3,(H,26,27)/t16?,22-/m0/s1. The predicted molar refractivity (Wildman–Crippen MR) is 112 cm³/mol. The van der Waals surface area contributed by atoms with Gasteiger partial charge in [-0.2, -0.15) is 0 Å². The molecule has 0 aliphatic carbocycles. The Morgan fingerprint density at radius 1 is 1.36 bits per heavy atom. The summed E-state index contributed by atoms with van der Waals surface area (Å²) in [6, 6.07) is 6.36. The maximum absolute atomic E-state index is 13.5. The Balaban J connectivity index is 1.86. The highest BCUT2D eigenvalue weighted by Crippen LogP contribution is 2.44. The maximum Gasteiger partial charge on any atom is 0.343 e. The first-order valence-electron chi connectivity index (χ1n) is 10.2. The molecule has 0 fully saturated rings. The van der Waals surface area contributed by atoms with E-state index in [-0.39, 0.29) is 46.6 Å². The normalized spacial score (nSPS) is 20.7. The molecule has 168 valence electrons. The molecule has 1 unspecified atom stereocenters. The van der Waals surface area contributed by atoms with E-state index in [1.807, 2.05) is 0 Å². The second-order valence-electron chi connectivity index (χ2n) is 8.03. The molecule has 11 nitrogen and oxygen atoms in total. The van der Waals surface area contributed by atoms with Crippen molar-refractivity contribution in [1.82, 2.24) is 9.55 Å². The van der Waals surface area contributed by atoms with Gasteiger partial charge in [0.25, 0.3) is 11.2 Å². The van der Waals surface area contributed by atoms with E-state index in [1.165, 1.54) is 28.8 Å². The SMILES string of the molecule is CC[C@@]1(O)C(=O)OCc2c1cc1n(c2=O)C(CC(=O)O)c2cc3c([N+](=O)[O-])cccc3nc2-1. The summed E-state index contributed by atoms with van der Waals surface area (Å²) in [5.74, 6) is -2.05. The number of aliphatic hydroxyl groups is 1. The van der Waals surface area contributed by atoms with Gasteiger partial charge in [-0.15, -0.1) is 0 Å². The Labute approximate surface area is 185 Å². The van der Waals surface area contributed by atoms with Crippen molar-refractivity contribution in [3.8, 4) is 11.4 Å². The number of carboxylic acid groups (broad SMARTS) is 1. The molecule has 4 heterocycles. The third kappa shape index (κ3) is 2.79. The number of carbonyl (C=O) groups excluding carboxylic acids is 1. The van der Waals surface area contributed by atoms with Crippen LogP contribution in [0.2, 0.25) is 0 Å². The van der Waals surface area contributed by atoms with Gasteiger partial charge in [-0.05, 0) is 24.6 Å². The smallest absolute Gasteiger partial charge is 0.343 e. The van der Waals surface area contributed by atoms with Crippen molar-refractivity contribution in [2.75, 3.05) is 0 Å². The lowest BCUT2D eigenvalue weighted by Crippen LogP contribution is -2.44. The molecule has 5 rings (SSSR count). The van der Waals surface area contributed by atoms with Crippen LogP contribution in [-0.4, -0.2) is 36.6 Å². The van der Waals surface area contributed by atoms with E-state index < -0.39 is 40.5 Å². The van der Waals surface area contributed by atoms with Crippen LogP contribution in [0.3, 0.4) is 0 Å². The van der Waals surface area contributed by atoms with Gasteiger partial charge in [0.15, 0.2) is 5.60 Å². The molecule has 2 aromatic heterocycles. The van der Waals surface area contributed by atoms with Gasteiger partial charge in [0.2, 0.25) is 0 Å². The minimum absolute atomic E-state index is 0.0372. The number of nitrogens with zero attached hydrogens (tertiary/aromatic N) is 3. The second kappa shape index (κ2) is 6.94. The highest BCUT2D eigenvalue weighted by molar-refractivity contribution is 5.92.